The molecular formula is C9H8ClN3O5. The summed E-state index contributed by atoms with van der Waals surface area (Å²) in [7, 11) is 0. The maximum absolute atomic E-state index is 11.1. The van der Waals surface area contributed by atoms with Crippen LogP contribution in [0.3, 0.4) is 0 Å². The molecule has 0 unspecified atom stereocenters. The fourth-order valence-electron chi connectivity index (χ4n) is 1.32. The molecule has 0 aliphatic carbocycles. The molecule has 0 saturated heterocycles. The van der Waals surface area contributed by atoms with E-state index in [4.69, 9.17) is 11.6 Å². The van der Waals surface area contributed by atoms with Crippen molar-refractivity contribution in [3.63, 3.8) is 0 Å². The molecule has 1 aromatic rings. The van der Waals surface area contributed by atoms with Crippen LogP contribution in [-0.2, 0) is 4.79 Å². The van der Waals surface area contributed by atoms with Crippen LogP contribution in [0.5, 0.6) is 0 Å². The molecule has 0 aromatic heterocycles. The van der Waals surface area contributed by atoms with Gasteiger partial charge in [-0.05, 0) is 13.0 Å². The van der Waals surface area contributed by atoms with Crippen molar-refractivity contribution in [2.75, 3.05) is 11.2 Å². The van der Waals surface area contributed by atoms with E-state index < -0.39 is 21.4 Å². The van der Waals surface area contributed by atoms with Gasteiger partial charge in [0.05, 0.1) is 15.9 Å². The van der Waals surface area contributed by atoms with Crippen LogP contribution < -0.4 is 5.32 Å². The Morgan fingerprint density at radius 3 is 2.28 bits per heavy atom. The Kier molecular flexibility index (Phi) is 4.16. The highest BCUT2D eigenvalue weighted by Crippen LogP contribution is 2.32. The number of rotatable bonds is 4. The molecule has 0 bridgehead atoms. The lowest BCUT2D eigenvalue weighted by molar-refractivity contribution is -0.394. The number of carbonyl (C=O) groups is 1. The predicted molar refractivity (Wildman–Crippen MR) is 63.8 cm³/mol. The minimum Gasteiger partial charge on any atom is -0.319 e. The van der Waals surface area contributed by atoms with E-state index in [0.717, 1.165) is 6.07 Å². The molecule has 9 heteroatoms. The predicted octanol–water partition coefficient (Wildman–Crippen LogP) is 1.99. The number of carbonyl (C=O) groups excluding carboxylic acids is 1. The lowest BCUT2D eigenvalue weighted by atomic mass is 10.1. The number of aryl methyl sites for hydroxylation is 1. The lowest BCUT2D eigenvalue weighted by Gasteiger charge is -2.05. The van der Waals surface area contributed by atoms with Gasteiger partial charge in [0.1, 0.15) is 11.6 Å². The van der Waals surface area contributed by atoms with Crippen molar-refractivity contribution in [1.29, 1.82) is 0 Å². The summed E-state index contributed by atoms with van der Waals surface area (Å²) >= 11 is 5.27. The maximum atomic E-state index is 11.1. The summed E-state index contributed by atoms with van der Waals surface area (Å²) in [4.78, 5) is 31.0. The minimum absolute atomic E-state index is 0.117. The molecule has 96 valence electrons. The number of hydrogen-bond donors (Lipinski definition) is 1. The molecule has 0 spiro atoms. The number of alkyl halides is 1. The Hall–Kier alpha value is -2.22. The molecule has 0 aliphatic rings. The van der Waals surface area contributed by atoms with Gasteiger partial charge in [-0.2, -0.15) is 0 Å². The first-order valence-electron chi connectivity index (χ1n) is 4.66. The zero-order valence-electron chi connectivity index (χ0n) is 9.18. The second kappa shape index (κ2) is 5.41. The summed E-state index contributed by atoms with van der Waals surface area (Å²) in [6.45, 7) is 1.41. The van der Waals surface area contributed by atoms with Crippen molar-refractivity contribution in [3.05, 3.63) is 37.9 Å². The second-order valence-electron chi connectivity index (χ2n) is 3.35. The summed E-state index contributed by atoms with van der Waals surface area (Å²) in [5.41, 5.74) is -0.847. The molecule has 1 N–H and O–H groups in total. The van der Waals surface area contributed by atoms with Crippen LogP contribution in [0, 0.1) is 27.2 Å². The molecule has 1 rings (SSSR count). The fourth-order valence-corrected chi connectivity index (χ4v) is 1.38. The van der Waals surface area contributed by atoms with Crippen LogP contribution in [-0.4, -0.2) is 21.6 Å². The number of halogens is 1. The summed E-state index contributed by atoms with van der Waals surface area (Å²) in [5, 5.41) is 23.7. The first kappa shape index (κ1) is 13.8. The van der Waals surface area contributed by atoms with E-state index >= 15 is 0 Å². The van der Waals surface area contributed by atoms with Crippen LogP contribution in [0.1, 0.15) is 5.56 Å². The van der Waals surface area contributed by atoms with Crippen LogP contribution in [0.4, 0.5) is 17.1 Å². The van der Waals surface area contributed by atoms with E-state index in [0.29, 0.717) is 0 Å². The highest BCUT2D eigenvalue weighted by atomic mass is 35.5. The van der Waals surface area contributed by atoms with Gasteiger partial charge in [0, 0.05) is 5.56 Å². The molecule has 0 heterocycles. The van der Waals surface area contributed by atoms with E-state index in [1.54, 1.807) is 0 Å². The summed E-state index contributed by atoms with van der Waals surface area (Å²) < 4.78 is 0. The topological polar surface area (TPSA) is 115 Å². The van der Waals surface area contributed by atoms with E-state index in [2.05, 4.69) is 5.32 Å². The number of benzene rings is 1. The second-order valence-corrected chi connectivity index (χ2v) is 3.62. The van der Waals surface area contributed by atoms with Gasteiger partial charge >= 0.3 is 0 Å². The molecule has 0 fully saturated rings. The quantitative estimate of drug-likeness (QED) is 0.511. The summed E-state index contributed by atoms with van der Waals surface area (Å²) in [6.07, 6.45) is 0. The Morgan fingerprint density at radius 2 is 1.83 bits per heavy atom. The molecule has 0 atom stereocenters. The average molecular weight is 274 g/mol. The van der Waals surface area contributed by atoms with Gasteiger partial charge in [0.2, 0.25) is 5.91 Å². The zero-order valence-corrected chi connectivity index (χ0v) is 9.93. The summed E-state index contributed by atoms with van der Waals surface area (Å²) in [6, 6.07) is 1.97. The van der Waals surface area contributed by atoms with Crippen LogP contribution >= 0.6 is 11.6 Å². The van der Waals surface area contributed by atoms with Gasteiger partial charge in [-0.3, -0.25) is 25.0 Å². The SMILES string of the molecule is Cc1cc(NC(=O)CCl)c([N+](=O)[O-])cc1[N+](=O)[O-]. The van der Waals surface area contributed by atoms with Crippen molar-refractivity contribution in [2.24, 2.45) is 0 Å². The highest BCUT2D eigenvalue weighted by molar-refractivity contribution is 6.29. The van der Waals surface area contributed by atoms with Gasteiger partial charge in [-0.1, -0.05) is 0 Å². The molecule has 8 nitrogen and oxygen atoms in total. The van der Waals surface area contributed by atoms with E-state index in [9.17, 15) is 25.0 Å². The first-order valence-corrected chi connectivity index (χ1v) is 5.19. The third kappa shape index (κ3) is 2.92. The number of amides is 1. The maximum Gasteiger partial charge on any atom is 0.299 e. The van der Waals surface area contributed by atoms with Crippen LogP contribution in [0.25, 0.3) is 0 Å². The van der Waals surface area contributed by atoms with E-state index in [1.165, 1.54) is 13.0 Å². The minimum atomic E-state index is -0.809. The van der Waals surface area contributed by atoms with Gasteiger partial charge in [-0.15, -0.1) is 11.6 Å². The lowest BCUT2D eigenvalue weighted by Crippen LogP contribution is -2.14. The fraction of sp³-hybridized carbons (Fsp3) is 0.222. The monoisotopic (exact) mass is 273 g/mol. The van der Waals surface area contributed by atoms with Gasteiger partial charge < -0.3 is 5.32 Å². The van der Waals surface area contributed by atoms with Crippen molar-refractivity contribution in [3.8, 4) is 0 Å². The molecule has 0 saturated carbocycles. The Balaban J connectivity index is 3.33. The van der Waals surface area contributed by atoms with Crippen molar-refractivity contribution >= 4 is 34.6 Å². The Bertz CT molecular complexity index is 531. The third-order valence-corrected chi connectivity index (χ3v) is 2.35. The normalized spacial score (nSPS) is 9.89. The average Bonchev–Trinajstić information content (AvgIpc) is 2.27. The number of nitrogens with zero attached hydrogens (tertiary/aromatic N) is 2. The van der Waals surface area contributed by atoms with Crippen molar-refractivity contribution in [2.45, 2.75) is 6.92 Å². The van der Waals surface area contributed by atoms with E-state index in [-0.39, 0.29) is 22.8 Å². The highest BCUT2D eigenvalue weighted by Gasteiger charge is 2.23. The van der Waals surface area contributed by atoms with Gasteiger partial charge in [-0.25, -0.2) is 0 Å². The molecular weight excluding hydrogens is 266 g/mol. The first-order chi connectivity index (χ1) is 8.36. The molecule has 0 radical (unpaired) electrons. The Morgan fingerprint density at radius 1 is 1.28 bits per heavy atom. The van der Waals surface area contributed by atoms with Crippen molar-refractivity contribution < 1.29 is 14.6 Å². The number of nitro benzene ring substituents is 2. The number of hydrogen-bond acceptors (Lipinski definition) is 5. The number of anilines is 1. The molecule has 0 aliphatic heterocycles. The zero-order chi connectivity index (χ0) is 13.9. The number of nitrogens with one attached hydrogen (secondary N) is 1. The van der Waals surface area contributed by atoms with Crippen LogP contribution in [0.15, 0.2) is 12.1 Å². The largest absolute Gasteiger partial charge is 0.319 e. The number of nitro groups is 2. The molecule has 18 heavy (non-hydrogen) atoms. The molecule has 1 amide bonds. The standard InChI is InChI=1S/C9H8ClN3O5/c1-5-2-6(11-9(14)4-10)8(13(17)18)3-7(5)12(15)16/h2-3H,4H2,1H3,(H,11,14). The van der Waals surface area contributed by atoms with Gasteiger partial charge in [0.15, 0.2) is 0 Å². The summed E-state index contributed by atoms with van der Waals surface area (Å²) in [5.74, 6) is -0.999. The van der Waals surface area contributed by atoms with Crippen molar-refractivity contribution in [1.82, 2.24) is 0 Å². The van der Waals surface area contributed by atoms with Gasteiger partial charge in [0.25, 0.3) is 11.4 Å². The Labute approximate surface area is 106 Å². The third-order valence-electron chi connectivity index (χ3n) is 2.10. The molecule has 1 aromatic carbocycles. The van der Waals surface area contributed by atoms with E-state index in [1.807, 2.05) is 0 Å². The van der Waals surface area contributed by atoms with Crippen LogP contribution in [0.2, 0.25) is 0 Å². The smallest absolute Gasteiger partial charge is 0.299 e.